The largest absolute Gasteiger partial charge is 0.342 e. The highest BCUT2D eigenvalue weighted by atomic mass is 14.9. The van der Waals surface area contributed by atoms with Crippen molar-refractivity contribution in [3.05, 3.63) is 36.5 Å². The van der Waals surface area contributed by atoms with Crippen molar-refractivity contribution in [1.82, 2.24) is 9.97 Å². The average molecular weight is 169 g/mol. The number of nitrogens with one attached hydrogen (secondary N) is 1. The molecule has 1 aromatic carbocycles. The molecule has 0 amide bonds. The molecule has 1 N–H and O–H groups in total. The third-order valence-electron chi connectivity index (χ3n) is 1.93. The molecule has 2 heteroatoms. The van der Waals surface area contributed by atoms with Crippen LogP contribution in [0.1, 0.15) is 12.2 Å². The van der Waals surface area contributed by atoms with Crippen LogP contribution >= 0.6 is 0 Å². The van der Waals surface area contributed by atoms with E-state index >= 15 is 0 Å². The lowest BCUT2D eigenvalue weighted by atomic mass is 10.3. The second kappa shape index (κ2) is 3.32. The minimum Gasteiger partial charge on any atom is -0.342 e. The predicted octanol–water partition coefficient (Wildman–Crippen LogP) is 2.09. The summed E-state index contributed by atoms with van der Waals surface area (Å²) in [4.78, 5) is 7.57. The molecule has 1 heterocycles. The first kappa shape index (κ1) is 7.88. The maximum absolute atomic E-state index is 6.79. The average Bonchev–Trinajstić information content (AvgIpc) is 2.57. The van der Waals surface area contributed by atoms with Gasteiger partial charge in [0.1, 0.15) is 5.82 Å². The number of hydrogen-bond donors (Lipinski definition) is 1. The maximum Gasteiger partial charge on any atom is 0.108 e. The van der Waals surface area contributed by atoms with E-state index in [2.05, 4.69) is 15.9 Å². The zero-order valence-corrected chi connectivity index (χ0v) is 7.17. The van der Waals surface area contributed by atoms with Gasteiger partial charge < -0.3 is 4.98 Å². The van der Waals surface area contributed by atoms with E-state index in [0.29, 0.717) is 6.42 Å². The second-order valence-corrected chi connectivity index (χ2v) is 2.88. The molecule has 2 aromatic rings. The van der Waals surface area contributed by atoms with Crippen molar-refractivity contribution in [2.75, 3.05) is 0 Å². The van der Waals surface area contributed by atoms with Crippen LogP contribution in [0, 0.1) is 12.3 Å². The van der Waals surface area contributed by atoms with Crippen molar-refractivity contribution in [3.63, 3.8) is 0 Å². The molecule has 0 aliphatic carbocycles. The van der Waals surface area contributed by atoms with Crippen LogP contribution in [0.3, 0.4) is 0 Å². The summed E-state index contributed by atoms with van der Waals surface area (Å²) < 4.78 is 0. The molecule has 0 saturated carbocycles. The van der Waals surface area contributed by atoms with Crippen LogP contribution in [0.15, 0.2) is 24.3 Å². The number of hydrogen-bond acceptors (Lipinski definition) is 1. The summed E-state index contributed by atoms with van der Waals surface area (Å²) >= 11 is 0. The number of benzene rings is 1. The summed E-state index contributed by atoms with van der Waals surface area (Å²) in [5.41, 5.74) is 2.05. The monoisotopic (exact) mass is 169 g/mol. The molecule has 1 radical (unpaired) electrons. The van der Waals surface area contributed by atoms with Gasteiger partial charge in [-0.05, 0) is 18.6 Å². The lowest BCUT2D eigenvalue weighted by molar-refractivity contribution is 0.933. The van der Waals surface area contributed by atoms with Gasteiger partial charge in [0.2, 0.25) is 0 Å². The van der Waals surface area contributed by atoms with Gasteiger partial charge in [-0.2, -0.15) is 0 Å². The highest BCUT2D eigenvalue weighted by Gasteiger charge is 1.99. The van der Waals surface area contributed by atoms with Crippen molar-refractivity contribution >= 4 is 11.0 Å². The number of para-hydroxylation sites is 2. The van der Waals surface area contributed by atoms with Crippen molar-refractivity contribution in [1.29, 1.82) is 0 Å². The SMILES string of the molecule is [C]#CCCc1nc2ccccc2[nH]1. The number of aryl methyl sites for hydroxylation is 1. The number of aromatic amines is 1. The lowest BCUT2D eigenvalue weighted by Gasteiger charge is -1.86. The molecule has 0 atom stereocenters. The molecule has 2 rings (SSSR count). The summed E-state index contributed by atoms with van der Waals surface area (Å²) in [5, 5.41) is 0. The van der Waals surface area contributed by atoms with Gasteiger partial charge in [-0.15, -0.1) is 0 Å². The van der Waals surface area contributed by atoms with Gasteiger partial charge in [-0.3, -0.25) is 0 Å². The summed E-state index contributed by atoms with van der Waals surface area (Å²) in [6.45, 7) is 0. The van der Waals surface area contributed by atoms with E-state index in [-0.39, 0.29) is 0 Å². The standard InChI is InChI=1S/C11H9N2/c1-2-3-8-11-12-9-6-4-5-7-10(9)13-11/h4-7H,3,8H2,(H,12,13). The first-order valence-corrected chi connectivity index (χ1v) is 4.23. The number of H-pyrrole nitrogens is 1. The highest BCUT2D eigenvalue weighted by Crippen LogP contribution is 2.10. The smallest absolute Gasteiger partial charge is 0.108 e. The van der Waals surface area contributed by atoms with Crippen LogP contribution in [0.4, 0.5) is 0 Å². The van der Waals surface area contributed by atoms with Crippen LogP contribution < -0.4 is 0 Å². The van der Waals surface area contributed by atoms with Crippen molar-refractivity contribution in [2.24, 2.45) is 0 Å². The van der Waals surface area contributed by atoms with Gasteiger partial charge in [0.15, 0.2) is 0 Å². The van der Waals surface area contributed by atoms with E-state index in [1.54, 1.807) is 0 Å². The van der Waals surface area contributed by atoms with Crippen LogP contribution in [-0.4, -0.2) is 9.97 Å². The highest BCUT2D eigenvalue weighted by molar-refractivity contribution is 5.74. The van der Waals surface area contributed by atoms with Crippen molar-refractivity contribution < 1.29 is 0 Å². The van der Waals surface area contributed by atoms with E-state index in [9.17, 15) is 0 Å². The Morgan fingerprint density at radius 2 is 2.23 bits per heavy atom. The molecule has 0 fully saturated rings. The predicted molar refractivity (Wildman–Crippen MR) is 51.5 cm³/mol. The normalized spacial score (nSPS) is 10.1. The minimum atomic E-state index is 0.625. The molecule has 0 spiro atoms. The number of nitrogens with zero attached hydrogens (tertiary/aromatic N) is 1. The number of aromatic nitrogens is 2. The van der Waals surface area contributed by atoms with Crippen molar-refractivity contribution in [3.8, 4) is 5.92 Å². The Morgan fingerprint density at radius 3 is 3.00 bits per heavy atom. The molecule has 0 bridgehead atoms. The Balaban J connectivity index is 2.34. The third-order valence-corrected chi connectivity index (χ3v) is 1.93. The van der Waals surface area contributed by atoms with E-state index in [0.717, 1.165) is 23.3 Å². The zero-order valence-electron chi connectivity index (χ0n) is 7.17. The van der Waals surface area contributed by atoms with Gasteiger partial charge >= 0.3 is 0 Å². The first-order valence-electron chi connectivity index (χ1n) is 4.23. The molecule has 1 aromatic heterocycles. The van der Waals surface area contributed by atoms with Gasteiger partial charge in [0, 0.05) is 12.8 Å². The third kappa shape index (κ3) is 1.54. The molecule has 0 aliphatic rings. The Morgan fingerprint density at radius 1 is 1.38 bits per heavy atom. The molecule has 13 heavy (non-hydrogen) atoms. The summed E-state index contributed by atoms with van der Waals surface area (Å²) in [7, 11) is 0. The molecule has 2 nitrogen and oxygen atoms in total. The summed E-state index contributed by atoms with van der Waals surface area (Å²) in [6, 6.07) is 7.92. The van der Waals surface area contributed by atoms with E-state index in [1.807, 2.05) is 24.3 Å². The quantitative estimate of drug-likeness (QED) is 0.685. The molecular formula is C11H9N2. The van der Waals surface area contributed by atoms with Crippen molar-refractivity contribution in [2.45, 2.75) is 12.8 Å². The zero-order chi connectivity index (χ0) is 9.10. The Kier molecular flexibility index (Phi) is 2.01. The summed E-state index contributed by atoms with van der Waals surface area (Å²) in [6.07, 6.45) is 8.18. The van der Waals surface area contributed by atoms with Gasteiger partial charge in [-0.1, -0.05) is 18.1 Å². The van der Waals surface area contributed by atoms with Gasteiger partial charge in [-0.25, -0.2) is 4.98 Å². The molecule has 63 valence electrons. The Bertz CT molecular complexity index is 415. The van der Waals surface area contributed by atoms with Crippen LogP contribution in [0.2, 0.25) is 0 Å². The van der Waals surface area contributed by atoms with E-state index in [1.165, 1.54) is 0 Å². The van der Waals surface area contributed by atoms with Gasteiger partial charge in [0.05, 0.1) is 11.0 Å². The van der Waals surface area contributed by atoms with E-state index < -0.39 is 0 Å². The first-order chi connectivity index (χ1) is 6.40. The minimum absolute atomic E-state index is 0.625. The molecule has 0 aliphatic heterocycles. The maximum atomic E-state index is 6.79. The fourth-order valence-corrected chi connectivity index (χ4v) is 1.30. The molecule has 0 unspecified atom stereocenters. The second-order valence-electron chi connectivity index (χ2n) is 2.88. The number of rotatable bonds is 2. The van der Waals surface area contributed by atoms with Crippen LogP contribution in [0.25, 0.3) is 11.0 Å². The number of imidazole rings is 1. The fourth-order valence-electron chi connectivity index (χ4n) is 1.30. The van der Waals surface area contributed by atoms with Crippen LogP contribution in [0.5, 0.6) is 0 Å². The topological polar surface area (TPSA) is 28.7 Å². The number of fused-ring (bicyclic) bond motifs is 1. The van der Waals surface area contributed by atoms with Crippen LogP contribution in [-0.2, 0) is 6.42 Å². The fraction of sp³-hybridized carbons (Fsp3) is 0.182. The van der Waals surface area contributed by atoms with Gasteiger partial charge in [0.25, 0.3) is 0 Å². The Labute approximate surface area is 77.0 Å². The molecular weight excluding hydrogens is 160 g/mol. The Hall–Kier alpha value is -1.75. The summed E-state index contributed by atoms with van der Waals surface area (Å²) in [5.74, 6) is 3.28. The lowest BCUT2D eigenvalue weighted by Crippen LogP contribution is -1.85. The van der Waals surface area contributed by atoms with E-state index in [4.69, 9.17) is 6.42 Å². The molecule has 0 saturated heterocycles.